The molecule has 5 rings (SSSR count). The lowest BCUT2D eigenvalue weighted by atomic mass is 9.46. The molecule has 0 radical (unpaired) electrons. The normalized spacial score (nSPS) is 26.8. The van der Waals surface area contributed by atoms with Gasteiger partial charge in [-0.25, -0.2) is 21.6 Å². The van der Waals surface area contributed by atoms with Crippen molar-refractivity contribution in [2.75, 3.05) is 6.26 Å². The highest BCUT2D eigenvalue weighted by Gasteiger charge is 2.83. The standard InChI is InChI=1S/C24H29F6NO9S3/c1-20(2,21-11-14-8-15(12-21)10-16(9-14)13-21)39-19(32)17-4-6-18(7-5-17)40-43(37,38)24(29,30)22(25,26)23(27,28)42(35,36)31-41(3,33)34/h4-7,14-16,31H,8-13H2,1-3H3. The van der Waals surface area contributed by atoms with E-state index in [1.54, 1.807) is 13.8 Å². The molecule has 0 heterocycles. The maximum absolute atomic E-state index is 14.4. The van der Waals surface area contributed by atoms with Crippen LogP contribution in [0.2, 0.25) is 0 Å². The van der Waals surface area contributed by atoms with Gasteiger partial charge in [0.2, 0.25) is 10.0 Å². The molecule has 4 aliphatic carbocycles. The number of carbonyl (C=O) groups is 1. The zero-order valence-electron chi connectivity index (χ0n) is 23.0. The molecule has 43 heavy (non-hydrogen) atoms. The Balaban J connectivity index is 1.50. The van der Waals surface area contributed by atoms with Gasteiger partial charge in [-0.2, -0.15) is 34.8 Å². The summed E-state index contributed by atoms with van der Waals surface area (Å²) < 4.78 is 164. The molecule has 4 bridgehead atoms. The third kappa shape index (κ3) is 5.74. The van der Waals surface area contributed by atoms with Gasteiger partial charge in [0.1, 0.15) is 11.4 Å². The van der Waals surface area contributed by atoms with Gasteiger partial charge in [0.05, 0.1) is 11.8 Å². The minimum Gasteiger partial charge on any atom is -0.455 e. The Morgan fingerprint density at radius 1 is 0.814 bits per heavy atom. The van der Waals surface area contributed by atoms with Crippen molar-refractivity contribution in [2.45, 2.75) is 74.4 Å². The van der Waals surface area contributed by atoms with Crippen LogP contribution in [0, 0.1) is 23.2 Å². The number of esters is 1. The number of hydrogen-bond donors (Lipinski definition) is 1. The van der Waals surface area contributed by atoms with E-state index in [2.05, 4.69) is 4.18 Å². The van der Waals surface area contributed by atoms with E-state index in [1.807, 2.05) is 0 Å². The molecular formula is C24H29F6NO9S3. The van der Waals surface area contributed by atoms with Crippen LogP contribution in [-0.4, -0.2) is 59.5 Å². The Morgan fingerprint density at radius 3 is 1.67 bits per heavy atom. The fraction of sp³-hybridized carbons (Fsp3) is 0.708. The van der Waals surface area contributed by atoms with Crippen molar-refractivity contribution in [1.29, 1.82) is 0 Å². The number of hydrogen-bond acceptors (Lipinski definition) is 9. The molecule has 19 heteroatoms. The first kappa shape index (κ1) is 33.8. The first-order valence-corrected chi connectivity index (χ1v) is 17.7. The van der Waals surface area contributed by atoms with Crippen molar-refractivity contribution >= 4 is 36.1 Å². The van der Waals surface area contributed by atoms with Gasteiger partial charge < -0.3 is 8.92 Å². The smallest absolute Gasteiger partial charge is 0.450 e. The summed E-state index contributed by atoms with van der Waals surface area (Å²) in [5.41, 5.74) is -1.33. The average Bonchev–Trinajstić information content (AvgIpc) is 2.81. The van der Waals surface area contributed by atoms with Gasteiger partial charge >= 0.3 is 32.5 Å². The molecule has 10 nitrogen and oxygen atoms in total. The van der Waals surface area contributed by atoms with Gasteiger partial charge in [0, 0.05) is 5.41 Å². The van der Waals surface area contributed by atoms with Crippen LogP contribution in [-0.2, 0) is 34.9 Å². The number of rotatable bonds is 11. The van der Waals surface area contributed by atoms with E-state index in [4.69, 9.17) is 4.74 Å². The van der Waals surface area contributed by atoms with Crippen LogP contribution >= 0.6 is 0 Å². The lowest BCUT2D eigenvalue weighted by Gasteiger charge is -2.61. The van der Waals surface area contributed by atoms with Crippen LogP contribution in [0.1, 0.15) is 62.7 Å². The summed E-state index contributed by atoms with van der Waals surface area (Å²) in [6, 6.07) is 2.93. The van der Waals surface area contributed by atoms with Gasteiger partial charge in [-0.3, -0.25) is 0 Å². The molecular weight excluding hydrogens is 656 g/mol. The van der Waals surface area contributed by atoms with E-state index < -0.39 is 63.9 Å². The molecule has 0 saturated heterocycles. The number of sulfonamides is 2. The summed E-state index contributed by atoms with van der Waals surface area (Å²) in [5.74, 6) is -7.57. The fourth-order valence-corrected chi connectivity index (χ4v) is 10.3. The number of benzene rings is 1. The monoisotopic (exact) mass is 685 g/mol. The van der Waals surface area contributed by atoms with Crippen LogP contribution in [0.5, 0.6) is 5.75 Å². The van der Waals surface area contributed by atoms with Crippen molar-refractivity contribution in [1.82, 2.24) is 4.13 Å². The first-order chi connectivity index (χ1) is 19.3. The summed E-state index contributed by atoms with van der Waals surface area (Å²) in [4.78, 5) is 13.0. The lowest BCUT2D eigenvalue weighted by Crippen LogP contribution is -2.63. The molecule has 1 aromatic carbocycles. The maximum Gasteiger partial charge on any atom is 0.450 e. The van der Waals surface area contributed by atoms with Crippen LogP contribution in [0.4, 0.5) is 26.3 Å². The minimum atomic E-state index is -7.23. The Labute approximate surface area is 244 Å². The average molecular weight is 686 g/mol. The van der Waals surface area contributed by atoms with E-state index >= 15 is 0 Å². The van der Waals surface area contributed by atoms with Crippen molar-refractivity contribution in [2.24, 2.45) is 23.2 Å². The van der Waals surface area contributed by atoms with E-state index in [1.165, 1.54) is 0 Å². The summed E-state index contributed by atoms with van der Waals surface area (Å²) in [6.07, 6.45) is 6.06. The molecule has 244 valence electrons. The van der Waals surface area contributed by atoms with Gasteiger partial charge in [-0.15, -0.1) is 4.13 Å². The van der Waals surface area contributed by atoms with Crippen molar-refractivity contribution in [3.05, 3.63) is 29.8 Å². The van der Waals surface area contributed by atoms with Crippen molar-refractivity contribution in [3.63, 3.8) is 0 Å². The molecule has 4 aliphatic rings. The first-order valence-electron chi connectivity index (χ1n) is 12.9. The molecule has 0 spiro atoms. The minimum absolute atomic E-state index is 0.0552. The van der Waals surface area contributed by atoms with Gasteiger partial charge in [0.25, 0.3) is 10.0 Å². The molecule has 1 N–H and O–H groups in total. The highest BCUT2D eigenvalue weighted by Crippen LogP contribution is 2.64. The van der Waals surface area contributed by atoms with E-state index in [9.17, 15) is 56.4 Å². The van der Waals surface area contributed by atoms with Crippen LogP contribution in [0.25, 0.3) is 0 Å². The Kier molecular flexibility index (Phi) is 8.01. The molecule has 1 aromatic rings. The Bertz CT molecular complexity index is 1570. The van der Waals surface area contributed by atoms with Crippen LogP contribution in [0.15, 0.2) is 24.3 Å². The second-order valence-corrected chi connectivity index (χ2v) is 17.4. The highest BCUT2D eigenvalue weighted by molar-refractivity contribution is 8.05. The van der Waals surface area contributed by atoms with Crippen molar-refractivity contribution < 1.29 is 65.3 Å². The van der Waals surface area contributed by atoms with Gasteiger partial charge in [0.15, 0.2) is 0 Å². The Morgan fingerprint density at radius 2 is 1.26 bits per heavy atom. The molecule has 4 fully saturated rings. The molecule has 0 aliphatic heterocycles. The second-order valence-electron chi connectivity index (χ2n) is 12.1. The van der Waals surface area contributed by atoms with Crippen LogP contribution in [0.3, 0.4) is 0 Å². The number of alkyl halides is 6. The van der Waals surface area contributed by atoms with Gasteiger partial charge in [-0.1, -0.05) is 0 Å². The molecule has 0 unspecified atom stereocenters. The quantitative estimate of drug-likeness (QED) is 0.205. The SMILES string of the molecule is CC(C)(OC(=O)c1ccc(OS(=O)(=O)C(F)(F)C(F)(F)C(F)(F)S(=O)(=O)NS(C)(=O)=O)cc1)C12CC3CC(CC(C3)C1)C2. The fourth-order valence-electron chi connectivity index (χ4n) is 6.82. The number of nitrogens with one attached hydrogen (secondary N) is 1. The maximum atomic E-state index is 14.4. The van der Waals surface area contributed by atoms with E-state index in [0.29, 0.717) is 29.9 Å². The predicted molar refractivity (Wildman–Crippen MR) is 138 cm³/mol. The molecule has 0 atom stereocenters. The third-order valence-corrected chi connectivity index (χ3v) is 12.9. The topological polar surface area (TPSA) is 150 Å². The molecule has 0 amide bonds. The Hall–Kier alpha value is -2.12. The number of halogens is 6. The third-order valence-electron chi connectivity index (χ3n) is 8.60. The molecule has 0 aromatic heterocycles. The van der Waals surface area contributed by atoms with Gasteiger partial charge in [-0.05, 0) is 94.4 Å². The largest absolute Gasteiger partial charge is 0.455 e. The number of carbonyl (C=O) groups excluding carboxylic acids is 1. The number of ether oxygens (including phenoxy) is 1. The predicted octanol–water partition coefficient (Wildman–Crippen LogP) is 4.25. The molecule has 4 saturated carbocycles. The van der Waals surface area contributed by atoms with Crippen molar-refractivity contribution in [3.8, 4) is 5.75 Å². The summed E-state index contributed by atoms with van der Waals surface area (Å²) in [6.45, 7) is 3.59. The summed E-state index contributed by atoms with van der Waals surface area (Å²) in [5, 5.41) is -13.9. The van der Waals surface area contributed by atoms with E-state index in [-0.39, 0.29) is 21.4 Å². The zero-order chi connectivity index (χ0) is 32.7. The van der Waals surface area contributed by atoms with Crippen LogP contribution < -0.4 is 8.31 Å². The zero-order valence-corrected chi connectivity index (χ0v) is 25.4. The summed E-state index contributed by atoms with van der Waals surface area (Å²) in [7, 11) is -19.4. The summed E-state index contributed by atoms with van der Waals surface area (Å²) >= 11 is 0. The highest BCUT2D eigenvalue weighted by atomic mass is 32.3. The van der Waals surface area contributed by atoms with E-state index in [0.717, 1.165) is 50.7 Å². The lowest BCUT2D eigenvalue weighted by molar-refractivity contribution is -0.245. The second kappa shape index (κ2) is 10.2.